The number of likely N-dealkylation sites (N-methyl/N-ethyl adjacent to an activating group) is 1. The molecule has 0 radical (unpaired) electrons. The van der Waals surface area contributed by atoms with Gasteiger partial charge in [-0.1, -0.05) is 0 Å². The fraction of sp³-hybridized carbons (Fsp3) is 0.692. The molecule has 0 spiro atoms. The Bertz CT molecular complexity index is 547. The van der Waals surface area contributed by atoms with Crippen molar-refractivity contribution < 1.29 is 17.6 Å². The van der Waals surface area contributed by atoms with Gasteiger partial charge in [0.05, 0.1) is 12.6 Å². The van der Waals surface area contributed by atoms with Crippen molar-refractivity contribution in [1.82, 2.24) is 4.31 Å². The van der Waals surface area contributed by atoms with E-state index in [0.29, 0.717) is 24.7 Å². The van der Waals surface area contributed by atoms with Crippen LogP contribution in [-0.4, -0.2) is 39.0 Å². The Hall–Kier alpha value is -0.890. The molecule has 1 atom stereocenters. The summed E-state index contributed by atoms with van der Waals surface area (Å²) in [5.41, 5.74) is 5.48. The summed E-state index contributed by atoms with van der Waals surface area (Å²) in [6.07, 6.45) is 3.01. The summed E-state index contributed by atoms with van der Waals surface area (Å²) in [5, 5.41) is 0. The second-order valence-electron chi connectivity index (χ2n) is 5.11. The molecule has 20 heavy (non-hydrogen) atoms. The van der Waals surface area contributed by atoms with Gasteiger partial charge in [-0.05, 0) is 26.2 Å². The third-order valence-electron chi connectivity index (χ3n) is 3.55. The van der Waals surface area contributed by atoms with Gasteiger partial charge in [0.2, 0.25) is 10.0 Å². The molecule has 2 N–H and O–H groups in total. The van der Waals surface area contributed by atoms with Crippen molar-refractivity contribution in [1.29, 1.82) is 0 Å². The third-order valence-corrected chi connectivity index (χ3v) is 5.48. The molecule has 7 heteroatoms. The van der Waals surface area contributed by atoms with Crippen LogP contribution in [0.4, 0.5) is 0 Å². The molecule has 0 aliphatic carbocycles. The van der Waals surface area contributed by atoms with Crippen LogP contribution in [0.1, 0.15) is 30.8 Å². The van der Waals surface area contributed by atoms with Crippen molar-refractivity contribution >= 4 is 10.0 Å². The minimum absolute atomic E-state index is 0.0234. The first-order valence-electron chi connectivity index (χ1n) is 6.82. The molecule has 1 aliphatic heterocycles. The third kappa shape index (κ3) is 3.22. The summed E-state index contributed by atoms with van der Waals surface area (Å²) in [6, 6.07) is 1.50. The Morgan fingerprint density at radius 3 is 2.75 bits per heavy atom. The molecule has 1 saturated heterocycles. The summed E-state index contributed by atoms with van der Waals surface area (Å²) in [4.78, 5) is 0.191. The lowest BCUT2D eigenvalue weighted by molar-refractivity contribution is 0.00858. The average molecular weight is 302 g/mol. The maximum absolute atomic E-state index is 12.5. The highest BCUT2D eigenvalue weighted by atomic mass is 32.2. The van der Waals surface area contributed by atoms with Gasteiger partial charge in [-0.15, -0.1) is 0 Å². The number of nitrogens with two attached hydrogens (primary N) is 1. The van der Waals surface area contributed by atoms with Crippen LogP contribution in [0, 0.1) is 6.92 Å². The molecular formula is C13H22N2O4S. The number of sulfonamides is 1. The maximum Gasteiger partial charge on any atom is 0.246 e. The molecular weight excluding hydrogens is 280 g/mol. The Morgan fingerprint density at radius 1 is 1.45 bits per heavy atom. The zero-order valence-corrected chi connectivity index (χ0v) is 12.8. The minimum atomic E-state index is -3.55. The number of ether oxygens (including phenoxy) is 1. The molecule has 1 aromatic rings. The Morgan fingerprint density at radius 2 is 2.20 bits per heavy atom. The number of hydrogen-bond acceptors (Lipinski definition) is 5. The molecule has 6 nitrogen and oxygen atoms in total. The fourth-order valence-electron chi connectivity index (χ4n) is 2.39. The molecule has 114 valence electrons. The van der Waals surface area contributed by atoms with Crippen LogP contribution in [0.2, 0.25) is 0 Å². The molecule has 0 aromatic carbocycles. The standard InChI is InChI=1S/C13H22N2O4S/c1-10-13(7-12(8-14)19-10)20(16,17)15(2)9-11-5-3-4-6-18-11/h7,11H,3-6,8-9,14H2,1-2H3. The second kappa shape index (κ2) is 6.26. The van der Waals surface area contributed by atoms with Crippen LogP contribution in [0.3, 0.4) is 0 Å². The van der Waals surface area contributed by atoms with Gasteiger partial charge in [0, 0.05) is 26.3 Å². The van der Waals surface area contributed by atoms with Crippen molar-refractivity contribution in [3.63, 3.8) is 0 Å². The zero-order chi connectivity index (χ0) is 14.8. The Labute approximate surface area is 119 Å². The van der Waals surface area contributed by atoms with E-state index in [1.165, 1.54) is 10.4 Å². The average Bonchev–Trinajstić information content (AvgIpc) is 2.82. The highest BCUT2D eigenvalue weighted by molar-refractivity contribution is 7.89. The molecule has 1 fully saturated rings. The number of aryl methyl sites for hydroxylation is 1. The molecule has 1 aromatic heterocycles. The summed E-state index contributed by atoms with van der Waals surface area (Å²) >= 11 is 0. The zero-order valence-electron chi connectivity index (χ0n) is 12.0. The van der Waals surface area contributed by atoms with E-state index in [2.05, 4.69) is 0 Å². The number of nitrogens with zero attached hydrogens (tertiary/aromatic N) is 1. The van der Waals surface area contributed by atoms with Crippen molar-refractivity contribution in [3.8, 4) is 0 Å². The van der Waals surface area contributed by atoms with Gasteiger partial charge in [-0.2, -0.15) is 4.31 Å². The normalized spacial score (nSPS) is 20.5. The largest absolute Gasteiger partial charge is 0.464 e. The lowest BCUT2D eigenvalue weighted by atomic mass is 10.1. The molecule has 2 heterocycles. The highest BCUT2D eigenvalue weighted by Gasteiger charge is 2.28. The Kier molecular flexibility index (Phi) is 4.85. The van der Waals surface area contributed by atoms with Crippen LogP contribution in [0.15, 0.2) is 15.4 Å². The summed E-state index contributed by atoms with van der Waals surface area (Å²) in [6.45, 7) is 2.90. The summed E-state index contributed by atoms with van der Waals surface area (Å²) in [7, 11) is -1.98. The first kappa shape index (κ1) is 15.5. The number of furan rings is 1. The van der Waals surface area contributed by atoms with Gasteiger partial charge >= 0.3 is 0 Å². The van der Waals surface area contributed by atoms with E-state index in [9.17, 15) is 8.42 Å². The Balaban J connectivity index is 2.13. The van der Waals surface area contributed by atoms with Crippen LogP contribution < -0.4 is 5.73 Å². The van der Waals surface area contributed by atoms with Gasteiger partial charge in [-0.3, -0.25) is 0 Å². The fourth-order valence-corrected chi connectivity index (χ4v) is 3.77. The van der Waals surface area contributed by atoms with Crippen molar-refractivity contribution in [2.45, 2.75) is 43.7 Å². The van der Waals surface area contributed by atoms with E-state index in [1.54, 1.807) is 14.0 Å². The lowest BCUT2D eigenvalue weighted by Crippen LogP contribution is -2.37. The van der Waals surface area contributed by atoms with Gasteiger partial charge in [0.25, 0.3) is 0 Å². The molecule has 2 rings (SSSR count). The molecule has 0 bridgehead atoms. The van der Waals surface area contributed by atoms with Crippen molar-refractivity contribution in [2.24, 2.45) is 5.73 Å². The van der Waals surface area contributed by atoms with E-state index in [4.69, 9.17) is 14.9 Å². The molecule has 0 amide bonds. The van der Waals surface area contributed by atoms with E-state index < -0.39 is 10.0 Å². The SMILES string of the molecule is Cc1oc(CN)cc1S(=O)(=O)N(C)CC1CCCCO1. The predicted octanol–water partition coefficient (Wildman–Crippen LogP) is 1.24. The van der Waals surface area contributed by atoms with Gasteiger partial charge in [-0.25, -0.2) is 8.42 Å². The van der Waals surface area contributed by atoms with Gasteiger partial charge < -0.3 is 14.9 Å². The van der Waals surface area contributed by atoms with E-state index >= 15 is 0 Å². The van der Waals surface area contributed by atoms with Gasteiger partial charge in [0.1, 0.15) is 16.4 Å². The minimum Gasteiger partial charge on any atom is -0.464 e. The van der Waals surface area contributed by atoms with Crippen LogP contribution >= 0.6 is 0 Å². The predicted molar refractivity (Wildman–Crippen MR) is 74.7 cm³/mol. The maximum atomic E-state index is 12.5. The molecule has 1 unspecified atom stereocenters. The lowest BCUT2D eigenvalue weighted by Gasteiger charge is -2.26. The monoisotopic (exact) mass is 302 g/mol. The smallest absolute Gasteiger partial charge is 0.246 e. The first-order chi connectivity index (χ1) is 9.45. The quantitative estimate of drug-likeness (QED) is 0.884. The van der Waals surface area contributed by atoms with Crippen molar-refractivity contribution in [3.05, 3.63) is 17.6 Å². The number of rotatable bonds is 5. The van der Waals surface area contributed by atoms with E-state index in [1.807, 2.05) is 0 Å². The van der Waals surface area contributed by atoms with E-state index in [-0.39, 0.29) is 17.5 Å². The second-order valence-corrected chi connectivity index (χ2v) is 7.12. The van der Waals surface area contributed by atoms with Crippen LogP contribution in [-0.2, 0) is 21.3 Å². The summed E-state index contributed by atoms with van der Waals surface area (Å²) < 4.78 is 37.3. The van der Waals surface area contributed by atoms with Crippen LogP contribution in [0.5, 0.6) is 0 Å². The van der Waals surface area contributed by atoms with Crippen LogP contribution in [0.25, 0.3) is 0 Å². The van der Waals surface area contributed by atoms with Gasteiger partial charge in [0.15, 0.2) is 0 Å². The topological polar surface area (TPSA) is 85.8 Å². The summed E-state index contributed by atoms with van der Waals surface area (Å²) in [5.74, 6) is 0.852. The van der Waals surface area contributed by atoms with Crippen molar-refractivity contribution in [2.75, 3.05) is 20.2 Å². The first-order valence-corrected chi connectivity index (χ1v) is 8.26. The number of hydrogen-bond donors (Lipinski definition) is 1. The molecule has 0 saturated carbocycles. The van der Waals surface area contributed by atoms with E-state index in [0.717, 1.165) is 19.3 Å². The highest BCUT2D eigenvalue weighted by Crippen LogP contribution is 2.24. The molecule has 1 aliphatic rings.